The van der Waals surface area contributed by atoms with Gasteiger partial charge >= 0.3 is 6.09 Å². The van der Waals surface area contributed by atoms with Gasteiger partial charge in [-0.05, 0) is 80.9 Å². The van der Waals surface area contributed by atoms with E-state index >= 15 is 0 Å². The number of fused-ring (bicyclic) bond motifs is 1. The van der Waals surface area contributed by atoms with Crippen LogP contribution in [-0.4, -0.2) is 40.6 Å². The number of ether oxygens (including phenoxy) is 1. The molecule has 0 bridgehead atoms. The molecule has 2 amide bonds. The van der Waals surface area contributed by atoms with Crippen molar-refractivity contribution in [1.29, 1.82) is 0 Å². The number of carbonyl (C=O) groups is 2. The minimum absolute atomic E-state index is 0.0224. The number of benzene rings is 1. The lowest BCUT2D eigenvalue weighted by molar-refractivity contribution is 0.0270. The Balaban J connectivity index is 1.43. The maximum absolute atomic E-state index is 13.0. The zero-order chi connectivity index (χ0) is 22.7. The molecule has 1 aromatic carbocycles. The Bertz CT molecular complexity index is 1040. The number of hydrogen-bond acceptors (Lipinski definition) is 4. The molecule has 0 saturated carbocycles. The van der Waals surface area contributed by atoms with Crippen molar-refractivity contribution in [2.24, 2.45) is 0 Å². The summed E-state index contributed by atoms with van der Waals surface area (Å²) in [5.74, 6) is -0.152. The summed E-state index contributed by atoms with van der Waals surface area (Å²) in [5.41, 5.74) is 4.52. The van der Waals surface area contributed by atoms with Crippen LogP contribution in [0.25, 0.3) is 5.57 Å². The van der Waals surface area contributed by atoms with E-state index in [1.807, 2.05) is 45.0 Å². The first-order valence-corrected chi connectivity index (χ1v) is 11.3. The van der Waals surface area contributed by atoms with Gasteiger partial charge in [-0.15, -0.1) is 0 Å². The van der Waals surface area contributed by atoms with Gasteiger partial charge in [0.05, 0.1) is 6.04 Å². The Morgan fingerprint density at radius 1 is 1.16 bits per heavy atom. The van der Waals surface area contributed by atoms with Gasteiger partial charge in [-0.1, -0.05) is 30.3 Å². The number of rotatable bonds is 3. The number of hydrogen-bond donors (Lipinski definition) is 1. The van der Waals surface area contributed by atoms with Crippen molar-refractivity contribution in [3.8, 4) is 0 Å². The van der Waals surface area contributed by atoms with Crippen LogP contribution >= 0.6 is 0 Å². The molecule has 0 unspecified atom stereocenters. The van der Waals surface area contributed by atoms with E-state index in [2.05, 4.69) is 28.5 Å². The molecular formula is C26H31N3O3. The predicted octanol–water partition coefficient (Wildman–Crippen LogP) is 4.91. The highest BCUT2D eigenvalue weighted by atomic mass is 16.6. The average molecular weight is 434 g/mol. The zero-order valence-electron chi connectivity index (χ0n) is 19.1. The molecule has 0 spiro atoms. The zero-order valence-corrected chi connectivity index (χ0v) is 19.1. The topological polar surface area (TPSA) is 71.5 Å². The smallest absolute Gasteiger partial charge is 0.410 e. The first kappa shape index (κ1) is 22.1. The van der Waals surface area contributed by atoms with E-state index < -0.39 is 5.60 Å². The van der Waals surface area contributed by atoms with Gasteiger partial charge in [0.15, 0.2) is 0 Å². The molecule has 0 radical (unpaired) electrons. The van der Waals surface area contributed by atoms with Crippen molar-refractivity contribution < 1.29 is 14.3 Å². The Labute approximate surface area is 189 Å². The molecule has 1 aliphatic heterocycles. The molecule has 32 heavy (non-hydrogen) atoms. The number of nitrogens with zero attached hydrogens (tertiary/aromatic N) is 2. The average Bonchev–Trinajstić information content (AvgIpc) is 2.78. The molecule has 6 heteroatoms. The highest BCUT2D eigenvalue weighted by Crippen LogP contribution is 2.30. The van der Waals surface area contributed by atoms with E-state index in [0.29, 0.717) is 25.2 Å². The van der Waals surface area contributed by atoms with Crippen molar-refractivity contribution in [2.75, 3.05) is 13.1 Å². The third kappa shape index (κ3) is 5.18. The predicted molar refractivity (Wildman–Crippen MR) is 124 cm³/mol. The van der Waals surface area contributed by atoms with E-state index in [9.17, 15) is 9.59 Å². The summed E-state index contributed by atoms with van der Waals surface area (Å²) in [6.45, 7) is 6.68. The normalized spacial score (nSPS) is 18.4. The molecule has 2 aromatic rings. The third-order valence-electron chi connectivity index (χ3n) is 5.90. The summed E-state index contributed by atoms with van der Waals surface area (Å²) < 4.78 is 5.46. The second kappa shape index (κ2) is 9.15. The van der Waals surface area contributed by atoms with E-state index in [1.54, 1.807) is 11.1 Å². The van der Waals surface area contributed by atoms with Gasteiger partial charge in [0.1, 0.15) is 11.3 Å². The van der Waals surface area contributed by atoms with Gasteiger partial charge in [0.2, 0.25) is 0 Å². The molecule has 168 valence electrons. The number of pyridine rings is 1. The second-order valence-electron chi connectivity index (χ2n) is 9.45. The fourth-order valence-electron chi connectivity index (χ4n) is 4.31. The molecule has 1 atom stereocenters. The van der Waals surface area contributed by atoms with Crippen molar-refractivity contribution in [1.82, 2.24) is 15.2 Å². The maximum atomic E-state index is 13.0. The Hall–Kier alpha value is -3.15. The molecule has 4 rings (SSSR count). The Kier molecular flexibility index (Phi) is 6.31. The van der Waals surface area contributed by atoms with Gasteiger partial charge in [-0.2, -0.15) is 0 Å². The lowest BCUT2D eigenvalue weighted by atomic mass is 9.87. The maximum Gasteiger partial charge on any atom is 0.410 e. The standard InChI is InChI=1S/C26H31N3O3/c1-26(2,3)32-25(31)29-15-12-18(13-16-29)20-11-14-27-23(17-20)24(30)28-22-10-6-8-19-7-4-5-9-21(19)22/h4-5,7,9,11-12,14,17,22H,6,8,10,13,15-16H2,1-3H3,(H,28,30)/t22-/m1/s1. The van der Waals surface area contributed by atoms with Crippen LogP contribution in [0.4, 0.5) is 4.79 Å². The van der Waals surface area contributed by atoms with Crippen molar-refractivity contribution >= 4 is 17.6 Å². The molecule has 2 heterocycles. The van der Waals surface area contributed by atoms with Crippen LogP contribution in [0.3, 0.4) is 0 Å². The molecule has 2 aliphatic rings. The van der Waals surface area contributed by atoms with Gasteiger partial charge < -0.3 is 15.0 Å². The summed E-state index contributed by atoms with van der Waals surface area (Å²) in [7, 11) is 0. The van der Waals surface area contributed by atoms with E-state index in [1.165, 1.54) is 11.1 Å². The minimum Gasteiger partial charge on any atom is -0.444 e. The molecule has 0 saturated heterocycles. The molecule has 1 aromatic heterocycles. The van der Waals surface area contributed by atoms with E-state index in [0.717, 1.165) is 30.4 Å². The monoisotopic (exact) mass is 433 g/mol. The van der Waals surface area contributed by atoms with Crippen LogP contribution in [0.5, 0.6) is 0 Å². The molecular weight excluding hydrogens is 402 g/mol. The van der Waals surface area contributed by atoms with E-state index in [4.69, 9.17) is 4.74 Å². The van der Waals surface area contributed by atoms with Crippen LogP contribution in [0.15, 0.2) is 48.7 Å². The van der Waals surface area contributed by atoms with Gasteiger partial charge in [0.25, 0.3) is 5.91 Å². The highest BCUT2D eigenvalue weighted by molar-refractivity contribution is 5.93. The van der Waals surface area contributed by atoms with Crippen LogP contribution < -0.4 is 5.32 Å². The summed E-state index contributed by atoms with van der Waals surface area (Å²) >= 11 is 0. The van der Waals surface area contributed by atoms with E-state index in [-0.39, 0.29) is 18.0 Å². The minimum atomic E-state index is -0.507. The van der Waals surface area contributed by atoms with Crippen molar-refractivity contribution in [2.45, 2.75) is 58.1 Å². The molecule has 1 N–H and O–H groups in total. The first-order chi connectivity index (χ1) is 15.3. The number of aromatic nitrogens is 1. The first-order valence-electron chi connectivity index (χ1n) is 11.3. The lowest BCUT2D eigenvalue weighted by Crippen LogP contribution is -2.39. The second-order valence-corrected chi connectivity index (χ2v) is 9.45. The number of nitrogens with one attached hydrogen (secondary N) is 1. The third-order valence-corrected chi connectivity index (χ3v) is 5.90. The Morgan fingerprint density at radius 3 is 2.72 bits per heavy atom. The van der Waals surface area contributed by atoms with Gasteiger partial charge in [-0.25, -0.2) is 4.79 Å². The van der Waals surface area contributed by atoms with Crippen LogP contribution in [-0.2, 0) is 11.2 Å². The fraction of sp³-hybridized carbons (Fsp3) is 0.423. The molecule has 6 nitrogen and oxygen atoms in total. The number of aryl methyl sites for hydroxylation is 1. The summed E-state index contributed by atoms with van der Waals surface area (Å²) in [4.78, 5) is 31.3. The summed E-state index contributed by atoms with van der Waals surface area (Å²) in [6, 6.07) is 12.1. The van der Waals surface area contributed by atoms with Gasteiger partial charge in [0, 0.05) is 19.3 Å². The summed E-state index contributed by atoms with van der Waals surface area (Å²) in [6.07, 6.45) is 7.19. The lowest BCUT2D eigenvalue weighted by Gasteiger charge is -2.29. The SMILES string of the molecule is CC(C)(C)OC(=O)N1CC=C(c2ccnc(C(=O)N[C@@H]3CCCc4ccccc43)c2)CC1. The number of carbonyl (C=O) groups excluding carboxylic acids is 2. The van der Waals surface area contributed by atoms with Crippen molar-refractivity contribution in [3.05, 3.63) is 71.1 Å². The summed E-state index contributed by atoms with van der Waals surface area (Å²) in [5, 5.41) is 3.17. The van der Waals surface area contributed by atoms with Crippen LogP contribution in [0, 0.1) is 0 Å². The largest absolute Gasteiger partial charge is 0.444 e. The van der Waals surface area contributed by atoms with Crippen molar-refractivity contribution in [3.63, 3.8) is 0 Å². The molecule has 1 aliphatic carbocycles. The molecule has 0 fully saturated rings. The number of amides is 2. The fourth-order valence-corrected chi connectivity index (χ4v) is 4.31. The van der Waals surface area contributed by atoms with Crippen LogP contribution in [0.2, 0.25) is 0 Å². The quantitative estimate of drug-likeness (QED) is 0.746. The highest BCUT2D eigenvalue weighted by Gasteiger charge is 2.25. The Morgan fingerprint density at radius 2 is 1.97 bits per heavy atom. The van der Waals surface area contributed by atoms with Gasteiger partial charge in [-0.3, -0.25) is 9.78 Å². The van der Waals surface area contributed by atoms with Crippen LogP contribution in [0.1, 0.15) is 73.3 Å².